The third-order valence-electron chi connectivity index (χ3n) is 2.94. The molecule has 0 saturated carbocycles. The molecule has 4 aliphatic rings. The van der Waals surface area contributed by atoms with E-state index < -0.39 is 0 Å². The number of fused-ring (bicyclic) bond motifs is 2. The van der Waals surface area contributed by atoms with Crippen LogP contribution in [0.1, 0.15) is 0 Å². The molecular weight excluding hydrogens is 248 g/mol. The van der Waals surface area contributed by atoms with Crippen LogP contribution >= 0.6 is 12.1 Å². The van der Waals surface area contributed by atoms with Gasteiger partial charge in [0.25, 0.3) is 0 Å². The van der Waals surface area contributed by atoms with Gasteiger partial charge in [-0.2, -0.15) is 4.94 Å². The molecule has 4 aliphatic heterocycles. The summed E-state index contributed by atoms with van der Waals surface area (Å²) in [6.45, 7) is 0. The summed E-state index contributed by atoms with van der Waals surface area (Å²) >= 11 is 1.54. The molecule has 0 unspecified atom stereocenters. The predicted molar refractivity (Wildman–Crippen MR) is 69.2 cm³/mol. The highest BCUT2D eigenvalue weighted by Crippen LogP contribution is 2.36. The van der Waals surface area contributed by atoms with Crippen LogP contribution in [-0.4, -0.2) is 9.37 Å². The highest BCUT2D eigenvalue weighted by atomic mass is 32.2. The minimum Gasteiger partial charge on any atom is -0.316 e. The van der Waals surface area contributed by atoms with Crippen molar-refractivity contribution in [1.82, 2.24) is 19.6 Å². The summed E-state index contributed by atoms with van der Waals surface area (Å²) in [5.41, 5.74) is 7.18. The third kappa shape index (κ3) is 1.33. The van der Waals surface area contributed by atoms with E-state index in [0.717, 1.165) is 22.7 Å². The molecule has 0 amide bonds. The summed E-state index contributed by atoms with van der Waals surface area (Å²) in [5, 5.41) is 1.72. The van der Waals surface area contributed by atoms with Gasteiger partial charge >= 0.3 is 0 Å². The SMILES string of the molecule is C1=CC2=C(C3=CC=CN4SNC=C34)NON2C=C1. The molecule has 5 nitrogen and oxygen atoms in total. The molecular formula is C12H10N4OS. The standard InChI is InChI=1S/C12H10N4OS/c1-2-6-15-10(5-1)12(14-17-15)9-4-3-7-16-11(9)8-13-18-16/h1-8,13-14H. The van der Waals surface area contributed by atoms with Crippen LogP contribution in [0.3, 0.4) is 0 Å². The second-order valence-corrected chi connectivity index (χ2v) is 4.78. The van der Waals surface area contributed by atoms with Crippen molar-refractivity contribution >= 4 is 12.1 Å². The van der Waals surface area contributed by atoms with E-state index in [1.54, 1.807) is 17.2 Å². The van der Waals surface area contributed by atoms with Crippen molar-refractivity contribution in [3.63, 3.8) is 0 Å². The first-order valence-electron chi connectivity index (χ1n) is 5.56. The Kier molecular flexibility index (Phi) is 2.05. The third-order valence-corrected chi connectivity index (χ3v) is 3.68. The summed E-state index contributed by atoms with van der Waals surface area (Å²) in [4.78, 5) is 5.40. The number of hydrogen-bond acceptors (Lipinski definition) is 6. The molecule has 6 heteroatoms. The van der Waals surface area contributed by atoms with E-state index >= 15 is 0 Å². The van der Waals surface area contributed by atoms with E-state index in [-0.39, 0.29) is 0 Å². The number of allylic oxidation sites excluding steroid dienone is 5. The molecule has 0 saturated heterocycles. The first-order valence-corrected chi connectivity index (χ1v) is 6.33. The van der Waals surface area contributed by atoms with E-state index in [1.165, 1.54) is 0 Å². The Morgan fingerprint density at radius 2 is 2.17 bits per heavy atom. The quantitative estimate of drug-likeness (QED) is 0.699. The Morgan fingerprint density at radius 1 is 1.17 bits per heavy atom. The zero-order chi connectivity index (χ0) is 11.9. The van der Waals surface area contributed by atoms with Gasteiger partial charge in [0.2, 0.25) is 0 Å². The normalized spacial score (nSPS) is 23.6. The summed E-state index contributed by atoms with van der Waals surface area (Å²) in [7, 11) is 0. The van der Waals surface area contributed by atoms with E-state index in [4.69, 9.17) is 4.94 Å². The van der Waals surface area contributed by atoms with Crippen molar-refractivity contribution in [2.45, 2.75) is 0 Å². The van der Waals surface area contributed by atoms with Gasteiger partial charge in [-0.1, -0.05) is 6.08 Å². The molecule has 0 aromatic rings. The number of hydrogen-bond donors (Lipinski definition) is 2. The van der Waals surface area contributed by atoms with Crippen LogP contribution in [0.4, 0.5) is 0 Å². The summed E-state index contributed by atoms with van der Waals surface area (Å²) in [6.07, 6.45) is 15.9. The molecule has 0 aromatic carbocycles. The van der Waals surface area contributed by atoms with Crippen molar-refractivity contribution in [2.24, 2.45) is 0 Å². The lowest BCUT2D eigenvalue weighted by Crippen LogP contribution is -2.17. The smallest absolute Gasteiger partial charge is 0.0985 e. The van der Waals surface area contributed by atoms with Gasteiger partial charge < -0.3 is 4.72 Å². The molecule has 2 N–H and O–H groups in total. The fraction of sp³-hybridized carbons (Fsp3) is 0. The second kappa shape index (κ2) is 3.72. The molecule has 0 aromatic heterocycles. The molecule has 0 fully saturated rings. The molecule has 4 rings (SSSR count). The van der Waals surface area contributed by atoms with Gasteiger partial charge in [-0.15, -0.1) is 0 Å². The molecule has 4 heterocycles. The number of nitrogens with zero attached hydrogens (tertiary/aromatic N) is 2. The van der Waals surface area contributed by atoms with Crippen LogP contribution in [0.2, 0.25) is 0 Å². The fourth-order valence-corrected chi connectivity index (χ4v) is 2.77. The number of hydroxylamine groups is 3. The minimum absolute atomic E-state index is 0.973. The molecule has 18 heavy (non-hydrogen) atoms. The maximum absolute atomic E-state index is 5.40. The van der Waals surface area contributed by atoms with Crippen molar-refractivity contribution < 1.29 is 4.94 Å². The lowest BCUT2D eigenvalue weighted by Gasteiger charge is -2.20. The first kappa shape index (κ1) is 9.93. The largest absolute Gasteiger partial charge is 0.316 e. The van der Waals surface area contributed by atoms with E-state index in [9.17, 15) is 0 Å². The highest BCUT2D eigenvalue weighted by molar-refractivity contribution is 7.95. The monoisotopic (exact) mass is 258 g/mol. The number of nitrogens with one attached hydrogen (secondary N) is 2. The molecule has 0 spiro atoms. The van der Waals surface area contributed by atoms with Gasteiger partial charge in [0.05, 0.1) is 29.2 Å². The van der Waals surface area contributed by atoms with Gasteiger partial charge in [0, 0.05) is 24.2 Å². The molecule has 0 bridgehead atoms. The van der Waals surface area contributed by atoms with Gasteiger partial charge in [-0.25, -0.2) is 10.5 Å². The van der Waals surface area contributed by atoms with Crippen LogP contribution in [0.15, 0.2) is 71.6 Å². The Labute approximate surface area is 109 Å². The van der Waals surface area contributed by atoms with Gasteiger partial charge in [0.15, 0.2) is 0 Å². The average molecular weight is 258 g/mol. The average Bonchev–Trinajstić information content (AvgIpc) is 3.05. The van der Waals surface area contributed by atoms with Gasteiger partial charge in [-0.05, 0) is 24.3 Å². The molecule has 90 valence electrons. The zero-order valence-corrected chi connectivity index (χ0v) is 10.1. The summed E-state index contributed by atoms with van der Waals surface area (Å²) < 4.78 is 5.22. The Morgan fingerprint density at radius 3 is 3.17 bits per heavy atom. The van der Waals surface area contributed by atoms with Crippen LogP contribution < -0.4 is 10.2 Å². The Bertz CT molecular complexity index is 585. The van der Waals surface area contributed by atoms with E-state index in [2.05, 4.69) is 20.6 Å². The van der Waals surface area contributed by atoms with Crippen LogP contribution in [0.5, 0.6) is 0 Å². The second-order valence-electron chi connectivity index (χ2n) is 3.97. The van der Waals surface area contributed by atoms with Crippen LogP contribution in [0.25, 0.3) is 0 Å². The van der Waals surface area contributed by atoms with Gasteiger partial charge in [-0.3, -0.25) is 4.31 Å². The Balaban J connectivity index is 1.80. The fourth-order valence-electron chi connectivity index (χ4n) is 2.11. The van der Waals surface area contributed by atoms with Crippen LogP contribution in [0, 0.1) is 0 Å². The zero-order valence-electron chi connectivity index (χ0n) is 9.33. The van der Waals surface area contributed by atoms with Gasteiger partial charge in [0.1, 0.15) is 0 Å². The lowest BCUT2D eigenvalue weighted by molar-refractivity contribution is -0.114. The molecule has 0 aliphatic carbocycles. The van der Waals surface area contributed by atoms with Crippen LogP contribution in [-0.2, 0) is 4.94 Å². The van der Waals surface area contributed by atoms with E-state index in [1.807, 2.05) is 42.9 Å². The van der Waals surface area contributed by atoms with Crippen molar-refractivity contribution in [2.75, 3.05) is 0 Å². The maximum Gasteiger partial charge on any atom is 0.0985 e. The van der Waals surface area contributed by atoms with E-state index in [0.29, 0.717) is 0 Å². The number of rotatable bonds is 1. The molecule has 0 atom stereocenters. The first-order chi connectivity index (χ1) is 8.93. The van der Waals surface area contributed by atoms with Crippen molar-refractivity contribution in [3.05, 3.63) is 71.6 Å². The lowest BCUT2D eigenvalue weighted by atomic mass is 10.0. The summed E-state index contributed by atoms with van der Waals surface area (Å²) in [6, 6.07) is 0. The predicted octanol–water partition coefficient (Wildman–Crippen LogP) is 1.80. The van der Waals surface area contributed by atoms with Crippen molar-refractivity contribution in [3.8, 4) is 0 Å². The highest BCUT2D eigenvalue weighted by Gasteiger charge is 2.30. The minimum atomic E-state index is 0.973. The summed E-state index contributed by atoms with van der Waals surface area (Å²) in [5.74, 6) is 0. The topological polar surface area (TPSA) is 39.8 Å². The molecule has 0 radical (unpaired) electrons. The van der Waals surface area contributed by atoms with Crippen molar-refractivity contribution in [1.29, 1.82) is 0 Å². The maximum atomic E-state index is 5.40. The Hall–Kier alpha value is -2.05.